The van der Waals surface area contributed by atoms with Crippen LogP contribution in [0.1, 0.15) is 12.8 Å². The number of carbonyl (C=O) groups excluding carboxylic acids is 2. The predicted octanol–water partition coefficient (Wildman–Crippen LogP) is -0.532. The Bertz CT molecular complexity index is 319. The van der Waals surface area contributed by atoms with E-state index in [1.165, 1.54) is 7.11 Å². The molecule has 0 radical (unpaired) electrons. The van der Waals surface area contributed by atoms with Crippen LogP contribution in [0.2, 0.25) is 0 Å². The van der Waals surface area contributed by atoms with Gasteiger partial charge in [-0.3, -0.25) is 9.59 Å². The summed E-state index contributed by atoms with van der Waals surface area (Å²) in [4.78, 5) is 23.4. The van der Waals surface area contributed by atoms with Gasteiger partial charge in [-0.1, -0.05) is 0 Å². The fraction of sp³-hybridized carbons (Fsp3) is 0.818. The van der Waals surface area contributed by atoms with E-state index in [1.807, 2.05) is 0 Å². The Morgan fingerprint density at radius 1 is 1.41 bits per heavy atom. The molecule has 2 fully saturated rings. The van der Waals surface area contributed by atoms with Gasteiger partial charge in [0.25, 0.3) is 0 Å². The van der Waals surface area contributed by atoms with Gasteiger partial charge in [-0.15, -0.1) is 0 Å². The molecule has 2 rings (SSSR count). The number of hydrogen-bond acceptors (Lipinski definition) is 6. The molecule has 0 aliphatic carbocycles. The van der Waals surface area contributed by atoms with E-state index in [9.17, 15) is 9.59 Å². The van der Waals surface area contributed by atoms with E-state index in [1.54, 1.807) is 7.11 Å². The van der Waals surface area contributed by atoms with Crippen LogP contribution in [-0.4, -0.2) is 51.0 Å². The molecular formula is C11H17NO5. The molecule has 2 bridgehead atoms. The SMILES string of the molecule is COCOC1CC2NC1CC(=O)C2C(=O)OC. The van der Waals surface area contributed by atoms with Gasteiger partial charge in [0, 0.05) is 25.6 Å². The van der Waals surface area contributed by atoms with Crippen molar-refractivity contribution in [3.8, 4) is 0 Å². The number of fused-ring (bicyclic) bond motifs is 2. The van der Waals surface area contributed by atoms with Crippen molar-refractivity contribution in [2.45, 2.75) is 31.0 Å². The molecule has 0 aromatic rings. The first-order valence-corrected chi connectivity index (χ1v) is 5.64. The Hall–Kier alpha value is -0.980. The Labute approximate surface area is 99.6 Å². The number of hydrogen-bond donors (Lipinski definition) is 1. The molecule has 2 aliphatic heterocycles. The number of esters is 1. The molecule has 0 aromatic heterocycles. The molecule has 6 nitrogen and oxygen atoms in total. The number of rotatable bonds is 4. The van der Waals surface area contributed by atoms with Crippen molar-refractivity contribution in [2.75, 3.05) is 21.0 Å². The zero-order chi connectivity index (χ0) is 12.4. The van der Waals surface area contributed by atoms with Crippen molar-refractivity contribution >= 4 is 11.8 Å². The minimum absolute atomic E-state index is 0.0106. The lowest BCUT2D eigenvalue weighted by Gasteiger charge is -2.27. The van der Waals surface area contributed by atoms with Crippen molar-refractivity contribution in [3.05, 3.63) is 0 Å². The van der Waals surface area contributed by atoms with Crippen molar-refractivity contribution < 1.29 is 23.8 Å². The average Bonchev–Trinajstić information content (AvgIpc) is 2.63. The van der Waals surface area contributed by atoms with Crippen molar-refractivity contribution in [1.82, 2.24) is 5.32 Å². The van der Waals surface area contributed by atoms with Crippen LogP contribution in [0.3, 0.4) is 0 Å². The highest BCUT2D eigenvalue weighted by Gasteiger charge is 2.49. The van der Waals surface area contributed by atoms with E-state index in [0.29, 0.717) is 12.8 Å². The van der Waals surface area contributed by atoms with Crippen LogP contribution < -0.4 is 5.32 Å². The standard InChI is InChI=1S/C11H17NO5/c1-15-5-17-9-4-7-10(11(14)16-2)8(13)3-6(9)12-7/h6-7,9-10,12H,3-5H2,1-2H3. The van der Waals surface area contributed by atoms with Gasteiger partial charge in [-0.05, 0) is 6.42 Å². The van der Waals surface area contributed by atoms with E-state index in [4.69, 9.17) is 9.47 Å². The second-order valence-electron chi connectivity index (χ2n) is 4.40. The van der Waals surface area contributed by atoms with Crippen LogP contribution in [0, 0.1) is 5.92 Å². The lowest BCUT2D eigenvalue weighted by atomic mass is 9.91. The Morgan fingerprint density at radius 3 is 2.82 bits per heavy atom. The molecule has 0 spiro atoms. The minimum Gasteiger partial charge on any atom is -0.468 e. The van der Waals surface area contributed by atoms with E-state index >= 15 is 0 Å². The van der Waals surface area contributed by atoms with Crippen LogP contribution >= 0.6 is 0 Å². The summed E-state index contributed by atoms with van der Waals surface area (Å²) < 4.78 is 15.0. The highest BCUT2D eigenvalue weighted by Crippen LogP contribution is 2.31. The normalized spacial score (nSPS) is 36.0. The first kappa shape index (κ1) is 12.5. The maximum Gasteiger partial charge on any atom is 0.317 e. The van der Waals surface area contributed by atoms with Crippen LogP contribution in [0.15, 0.2) is 0 Å². The molecule has 6 heteroatoms. The largest absolute Gasteiger partial charge is 0.468 e. The van der Waals surface area contributed by atoms with Crippen LogP contribution in [0.4, 0.5) is 0 Å². The maximum atomic E-state index is 11.8. The Balaban J connectivity index is 2.03. The van der Waals surface area contributed by atoms with E-state index in [2.05, 4.69) is 10.1 Å². The topological polar surface area (TPSA) is 73.9 Å². The van der Waals surface area contributed by atoms with Crippen molar-refractivity contribution in [2.24, 2.45) is 5.92 Å². The molecule has 2 aliphatic rings. The van der Waals surface area contributed by atoms with Gasteiger partial charge in [0.1, 0.15) is 18.5 Å². The molecular weight excluding hydrogens is 226 g/mol. The monoisotopic (exact) mass is 243 g/mol. The van der Waals surface area contributed by atoms with E-state index in [-0.39, 0.29) is 30.8 Å². The first-order valence-electron chi connectivity index (χ1n) is 5.64. The predicted molar refractivity (Wildman–Crippen MR) is 57.2 cm³/mol. The van der Waals surface area contributed by atoms with Crippen LogP contribution in [-0.2, 0) is 23.8 Å². The molecule has 0 aromatic carbocycles. The lowest BCUT2D eigenvalue weighted by Crippen LogP contribution is -2.50. The Kier molecular flexibility index (Phi) is 3.76. The number of ketones is 1. The second-order valence-corrected chi connectivity index (χ2v) is 4.40. The molecule has 1 N–H and O–H groups in total. The summed E-state index contributed by atoms with van der Waals surface area (Å²) in [7, 11) is 2.85. The minimum atomic E-state index is -0.688. The quantitative estimate of drug-likeness (QED) is 0.406. The van der Waals surface area contributed by atoms with Gasteiger partial charge < -0.3 is 19.5 Å². The zero-order valence-electron chi connectivity index (χ0n) is 9.97. The lowest BCUT2D eigenvalue weighted by molar-refractivity contribution is -0.151. The third-order valence-corrected chi connectivity index (χ3v) is 3.39. The molecule has 4 unspecified atom stereocenters. The third-order valence-electron chi connectivity index (χ3n) is 3.39. The van der Waals surface area contributed by atoms with Gasteiger partial charge in [-0.25, -0.2) is 0 Å². The summed E-state index contributed by atoms with van der Waals surface area (Å²) in [5, 5.41) is 3.24. The summed E-state index contributed by atoms with van der Waals surface area (Å²) >= 11 is 0. The second kappa shape index (κ2) is 5.12. The number of ether oxygens (including phenoxy) is 3. The molecule has 0 saturated carbocycles. The van der Waals surface area contributed by atoms with Gasteiger partial charge in [-0.2, -0.15) is 0 Å². The number of piperidine rings is 1. The first-order chi connectivity index (χ1) is 8.17. The molecule has 2 heterocycles. The smallest absolute Gasteiger partial charge is 0.317 e. The summed E-state index contributed by atoms with van der Waals surface area (Å²) in [6, 6.07) is -0.181. The van der Waals surface area contributed by atoms with Crippen molar-refractivity contribution in [1.29, 1.82) is 0 Å². The van der Waals surface area contributed by atoms with Gasteiger partial charge in [0.05, 0.1) is 13.2 Å². The van der Waals surface area contributed by atoms with Crippen LogP contribution in [0.5, 0.6) is 0 Å². The molecule has 0 amide bonds. The van der Waals surface area contributed by atoms with E-state index < -0.39 is 11.9 Å². The third kappa shape index (κ3) is 2.34. The van der Waals surface area contributed by atoms with Gasteiger partial charge in [0.15, 0.2) is 0 Å². The number of nitrogens with one attached hydrogen (secondary N) is 1. The summed E-state index contributed by atoms with van der Waals surface area (Å²) in [5.41, 5.74) is 0. The average molecular weight is 243 g/mol. The molecule has 17 heavy (non-hydrogen) atoms. The number of methoxy groups -OCH3 is 2. The number of Topliss-reactive ketones (excluding diaryl/α,β-unsaturated/α-hetero) is 1. The summed E-state index contributed by atoms with van der Waals surface area (Å²) in [6.45, 7) is 0.201. The van der Waals surface area contributed by atoms with Gasteiger partial charge in [0.2, 0.25) is 0 Å². The fourth-order valence-corrected chi connectivity index (χ4v) is 2.62. The van der Waals surface area contributed by atoms with E-state index in [0.717, 1.165) is 0 Å². The zero-order valence-corrected chi connectivity index (χ0v) is 9.97. The number of carbonyl (C=O) groups is 2. The van der Waals surface area contributed by atoms with Crippen LogP contribution in [0.25, 0.3) is 0 Å². The summed E-state index contributed by atoms with van der Waals surface area (Å²) in [5.74, 6) is -1.21. The van der Waals surface area contributed by atoms with Crippen molar-refractivity contribution in [3.63, 3.8) is 0 Å². The Morgan fingerprint density at radius 2 is 2.18 bits per heavy atom. The molecule has 2 saturated heterocycles. The molecule has 96 valence electrons. The highest BCUT2D eigenvalue weighted by molar-refractivity contribution is 6.01. The van der Waals surface area contributed by atoms with Gasteiger partial charge >= 0.3 is 5.97 Å². The molecule has 4 atom stereocenters. The summed E-state index contributed by atoms with van der Waals surface area (Å²) in [6.07, 6.45) is 0.878. The fourth-order valence-electron chi connectivity index (χ4n) is 2.62. The maximum absolute atomic E-state index is 11.8. The highest BCUT2D eigenvalue weighted by atomic mass is 16.7.